The summed E-state index contributed by atoms with van der Waals surface area (Å²) in [6.07, 6.45) is 9.11. The van der Waals surface area contributed by atoms with Gasteiger partial charge in [0.2, 0.25) is 0 Å². The van der Waals surface area contributed by atoms with Crippen LogP contribution in [0.3, 0.4) is 0 Å². The molecule has 0 radical (unpaired) electrons. The standard InChI is InChI=1S/C24H20N2O3S.C18H15BrN2O3S.C11H10BrNO3S.C9H6BrNO3S.C9H11NO.C6H7BO2.2C2H6.ClH/c1-28-21-17-11-13-25-20(15-7-3-2-4-8-15)22(17)30-23(21)24(27)26-18-12-14-29-19-10-6-5-9-16(18)19;1-23-14-11-6-8-20-17(19)15(11)25-16(14)18(22)21-12-7-9-24-13-5-3-2-4-10(12)13;1-3-16-11(14)9-7(15-2)6-4-5-13-10(12)8(6)17-9;1-14-5-4-2-3-11-8(10)6(4)15-7(5)9(12)13;10-8-5-6-11-9-4-2-1-3-7(8)9;8-7(9)6-4-2-1-3-5-6;2*1-2;/h2-11,13,18H,12,14H2,1H3,(H,26,27);2-6,8,12H,7,9H2,1H3,(H,21,22);4-5H,3H2,1-2H3;2-3H,1H3,(H,12,13);1-4,8H,5-6,10H2;1-5,8-9H;2*1-2H3;1H/t18-;12-;;;8-;;;;/m00..0..../s1. The molecule has 0 bridgehead atoms. The second kappa shape index (κ2) is 43.7. The van der Waals surface area contributed by atoms with Gasteiger partial charge >= 0.3 is 19.1 Å². The third-order valence-electron chi connectivity index (χ3n) is 16.7. The fraction of sp³-hybridized carbons (Fsp3) is 0.235. The quantitative estimate of drug-likeness (QED) is 0.0355. The Hall–Kier alpha value is -9.31. The van der Waals surface area contributed by atoms with Crippen molar-refractivity contribution in [3.8, 4) is 51.5 Å². The molecule has 3 atom stereocenters. The molecule has 16 rings (SSSR count). The molecule has 11 heterocycles. The van der Waals surface area contributed by atoms with Crippen molar-refractivity contribution in [1.82, 2.24) is 30.6 Å². The summed E-state index contributed by atoms with van der Waals surface area (Å²) in [6, 6.07) is 49.5. The van der Waals surface area contributed by atoms with Crippen LogP contribution in [0.1, 0.15) is 127 Å². The van der Waals surface area contributed by atoms with Gasteiger partial charge in [0.15, 0.2) is 21.3 Å². The number of carbonyl (C=O) groups is 4. The minimum atomic E-state index is -1.34. The normalized spacial score (nSPS) is 13.7. The fourth-order valence-corrected chi connectivity index (χ4v) is 17.7. The van der Waals surface area contributed by atoms with E-state index in [9.17, 15) is 19.2 Å². The van der Waals surface area contributed by atoms with E-state index in [0.717, 1.165) is 123 Å². The maximum atomic E-state index is 13.3. The zero-order valence-corrected chi connectivity index (χ0v) is 71.2. The van der Waals surface area contributed by atoms with Gasteiger partial charge in [0.1, 0.15) is 52.3 Å². The van der Waals surface area contributed by atoms with E-state index in [1.54, 1.807) is 83.4 Å². The summed E-state index contributed by atoms with van der Waals surface area (Å²) in [5, 5.41) is 35.8. The van der Waals surface area contributed by atoms with Crippen LogP contribution < -0.4 is 55.0 Å². The highest BCUT2D eigenvalue weighted by Gasteiger charge is 2.30. The number of nitrogens with two attached hydrogens (primary N) is 1. The number of hydrogen-bond acceptors (Lipinski definition) is 23. The summed E-state index contributed by atoms with van der Waals surface area (Å²) in [4.78, 5) is 67.7. The summed E-state index contributed by atoms with van der Waals surface area (Å²) in [5.74, 6) is 3.08. The van der Waals surface area contributed by atoms with E-state index in [2.05, 4.69) is 78.4 Å². The maximum absolute atomic E-state index is 13.3. The van der Waals surface area contributed by atoms with Gasteiger partial charge in [-0.3, -0.25) is 14.6 Å². The molecule has 8 aromatic heterocycles. The Morgan fingerprint density at radius 1 is 0.482 bits per heavy atom. The number of thiophene rings is 4. The van der Waals surface area contributed by atoms with Gasteiger partial charge in [0, 0.05) is 93.9 Å². The lowest BCUT2D eigenvalue weighted by Crippen LogP contribution is -2.31. The minimum absolute atomic E-state index is 0. The van der Waals surface area contributed by atoms with E-state index >= 15 is 0 Å². The van der Waals surface area contributed by atoms with E-state index in [1.165, 1.54) is 41.1 Å². The topological polar surface area (TPSA) is 304 Å². The van der Waals surface area contributed by atoms with Gasteiger partial charge < -0.3 is 69.4 Å². The van der Waals surface area contributed by atoms with Crippen LogP contribution in [0.15, 0.2) is 196 Å². The minimum Gasteiger partial charge on any atom is -0.494 e. The van der Waals surface area contributed by atoms with Crippen molar-refractivity contribution < 1.29 is 72.2 Å². The number of carboxylic acid groups (broad SMARTS) is 1. The molecule has 0 saturated carbocycles. The lowest BCUT2D eigenvalue weighted by atomic mass is 9.81. The number of carbonyl (C=O) groups excluding carboxylic acids is 3. The number of nitrogens with one attached hydrogen (secondary N) is 2. The molecule has 0 unspecified atom stereocenters. The number of esters is 1. The number of amides is 2. The fourth-order valence-electron chi connectivity index (χ4n) is 11.7. The molecular weight excluding hydrogens is 1730 g/mol. The number of carboxylic acids is 1. The molecule has 5 aromatic carbocycles. The van der Waals surface area contributed by atoms with Crippen molar-refractivity contribution in [3.05, 3.63) is 233 Å². The highest BCUT2D eigenvalue weighted by Crippen LogP contribution is 2.46. The molecule has 3 aliphatic rings. The average molecular weight is 1810 g/mol. The molecule has 0 spiro atoms. The van der Waals surface area contributed by atoms with Crippen molar-refractivity contribution in [3.63, 3.8) is 0 Å². The predicted octanol–water partition coefficient (Wildman–Crippen LogP) is 18.9. The van der Waals surface area contributed by atoms with Crippen LogP contribution in [-0.2, 0) is 4.74 Å². The number of pyridine rings is 4. The SMILES string of the molecule is CC.CC.CCOC(=O)c1sc2c(Br)nccc2c1OC.COc1c(C(=O)N[C@H]2CCOc3ccccc32)sc2c(-c3ccccc3)nccc12.COc1c(C(=O)N[C@H]2CCOc3ccccc32)sc2c(Br)nccc12.COc1c(C(=O)O)sc2c(Br)nccc12.Cl.N[C@H]1CCOc2ccccc21.OB(O)c1ccccc1. The number of nitrogens with zero attached hydrogens (tertiary/aromatic N) is 4. The van der Waals surface area contributed by atoms with Crippen molar-refractivity contribution in [2.75, 3.05) is 54.9 Å². The Balaban J connectivity index is 0.000000174. The second-order valence-corrected chi connectivity index (χ2v) is 29.5. The first-order valence-electron chi connectivity index (χ1n) is 35.1. The van der Waals surface area contributed by atoms with E-state index < -0.39 is 13.1 Å². The van der Waals surface area contributed by atoms with Crippen LogP contribution in [0, 0.1) is 0 Å². The number of aromatic nitrogens is 4. The van der Waals surface area contributed by atoms with Gasteiger partial charge in [-0.25, -0.2) is 24.5 Å². The van der Waals surface area contributed by atoms with Crippen LogP contribution in [0.4, 0.5) is 0 Å². The summed E-state index contributed by atoms with van der Waals surface area (Å²) in [6.45, 7) is 12.0. The Morgan fingerprint density at radius 2 is 0.830 bits per heavy atom. The summed E-state index contributed by atoms with van der Waals surface area (Å²) in [5.41, 5.74) is 11.4. The smallest absolute Gasteiger partial charge is 0.488 e. The number of rotatable bonds is 13. The van der Waals surface area contributed by atoms with E-state index in [1.807, 2.05) is 155 Å². The third-order valence-corrected chi connectivity index (χ3v) is 24.0. The number of methoxy groups -OCH3 is 4. The molecule has 0 fully saturated rings. The largest absolute Gasteiger partial charge is 0.494 e. The maximum Gasteiger partial charge on any atom is 0.488 e. The average Bonchev–Trinajstić information content (AvgIpc) is 1.62. The molecule has 112 heavy (non-hydrogen) atoms. The Bertz CT molecular complexity index is 5300. The second-order valence-electron chi connectivity index (χ2n) is 23.2. The predicted molar refractivity (Wildman–Crippen MR) is 459 cm³/mol. The number of ether oxygens (including phenoxy) is 8. The molecule has 3 aliphatic heterocycles. The first-order valence-corrected chi connectivity index (χ1v) is 40.8. The van der Waals surface area contributed by atoms with Crippen LogP contribution in [-0.4, -0.2) is 121 Å². The lowest BCUT2D eigenvalue weighted by molar-refractivity contribution is 0.0528. The number of halogens is 4. The highest BCUT2D eigenvalue weighted by molar-refractivity contribution is 9.11. The van der Waals surface area contributed by atoms with Crippen LogP contribution in [0.2, 0.25) is 0 Å². The number of hydrogen-bond donors (Lipinski definition) is 6. The molecule has 0 saturated heterocycles. The van der Waals surface area contributed by atoms with Crippen molar-refractivity contribution >= 4 is 182 Å². The van der Waals surface area contributed by atoms with Crippen LogP contribution in [0.25, 0.3) is 51.6 Å². The van der Waals surface area contributed by atoms with Gasteiger partial charge in [-0.2, -0.15) is 0 Å². The van der Waals surface area contributed by atoms with Gasteiger partial charge in [0.25, 0.3) is 11.8 Å². The number of benzene rings is 5. The van der Waals surface area contributed by atoms with Gasteiger partial charge in [0.05, 0.1) is 91.4 Å². The van der Waals surface area contributed by atoms with Crippen molar-refractivity contribution in [2.45, 2.75) is 72.0 Å². The zero-order chi connectivity index (χ0) is 79.7. The van der Waals surface area contributed by atoms with Gasteiger partial charge in [-0.05, 0) is 103 Å². The van der Waals surface area contributed by atoms with Crippen LogP contribution >= 0.6 is 106 Å². The van der Waals surface area contributed by atoms with Gasteiger partial charge in [-0.1, -0.05) is 143 Å². The molecular formula is C81H82BBr3ClN7O15S4. The summed E-state index contributed by atoms with van der Waals surface area (Å²) in [7, 11) is 4.84. The van der Waals surface area contributed by atoms with Crippen molar-refractivity contribution in [2.24, 2.45) is 5.73 Å². The highest BCUT2D eigenvalue weighted by atomic mass is 79.9. The first kappa shape index (κ1) is 88.3. The molecule has 13 aromatic rings. The van der Waals surface area contributed by atoms with Crippen molar-refractivity contribution in [1.29, 1.82) is 0 Å². The third kappa shape index (κ3) is 21.3. The molecule has 2 amide bonds. The molecule has 586 valence electrons. The summed E-state index contributed by atoms with van der Waals surface area (Å²) >= 11 is 15.3. The molecule has 31 heteroatoms. The number of para-hydroxylation sites is 3. The zero-order valence-electron chi connectivity index (χ0n) is 62.4. The Kier molecular flexibility index (Phi) is 34.4. The first-order chi connectivity index (χ1) is 54.0. The summed E-state index contributed by atoms with van der Waals surface area (Å²) < 4.78 is 48.9. The Labute approximate surface area is 695 Å². The number of aromatic carboxylic acids is 1. The lowest BCUT2D eigenvalue weighted by Gasteiger charge is -2.26. The molecule has 7 N–H and O–H groups in total. The number of fused-ring (bicyclic) bond motifs is 7. The van der Waals surface area contributed by atoms with Crippen LogP contribution in [0.5, 0.6) is 40.2 Å². The van der Waals surface area contributed by atoms with E-state index in [-0.39, 0.29) is 53.2 Å². The molecule has 0 aliphatic carbocycles. The van der Waals surface area contributed by atoms with E-state index in [4.69, 9.17) is 58.8 Å². The Morgan fingerprint density at radius 3 is 1.24 bits per heavy atom. The van der Waals surface area contributed by atoms with Gasteiger partial charge in [-0.15, -0.1) is 57.8 Å². The monoisotopic (exact) mass is 1800 g/mol. The molecule has 22 nitrogen and oxygen atoms in total. The van der Waals surface area contributed by atoms with E-state index in [0.29, 0.717) is 76.7 Å².